The van der Waals surface area contributed by atoms with E-state index in [9.17, 15) is 19.8 Å². The molecule has 13 nitrogen and oxygen atoms in total. The van der Waals surface area contributed by atoms with Gasteiger partial charge in [-0.25, -0.2) is 15.3 Å². The Morgan fingerprint density at radius 2 is 1.39 bits per heavy atom. The van der Waals surface area contributed by atoms with Crippen LogP contribution in [0.15, 0.2) is 46.6 Å². The Hall–Kier alpha value is -1.31. The van der Waals surface area contributed by atoms with E-state index in [-0.39, 0.29) is 84.1 Å². The summed E-state index contributed by atoms with van der Waals surface area (Å²) in [6.07, 6.45) is 3.08. The maximum Gasteiger partial charge on any atom is 1.00 e. The third-order valence-electron chi connectivity index (χ3n) is 4.17. The third-order valence-corrected chi connectivity index (χ3v) is 6.28. The van der Waals surface area contributed by atoms with Crippen LogP contribution in [0.1, 0.15) is 20.2 Å². The number of hydroxylamine groups is 3. The summed E-state index contributed by atoms with van der Waals surface area (Å²) in [5.74, 6) is -0.537. The summed E-state index contributed by atoms with van der Waals surface area (Å²) < 4.78 is 0. The number of nitrogens with one attached hydrogen (secondary N) is 1. The number of aromatic nitrogens is 2. The van der Waals surface area contributed by atoms with Crippen molar-refractivity contribution in [3.05, 3.63) is 48.0 Å². The molecule has 0 fully saturated rings. The summed E-state index contributed by atoms with van der Waals surface area (Å²) >= 11 is 2.63. The Bertz CT molecular complexity index is 1120. The first-order valence-corrected chi connectivity index (χ1v) is 11.9. The second-order valence-electron chi connectivity index (χ2n) is 6.69. The van der Waals surface area contributed by atoms with Gasteiger partial charge in [-0.05, 0) is 24.3 Å². The average Bonchev–Trinajstić information content (AvgIpc) is 3.51. The molecule has 206 valence electrons. The van der Waals surface area contributed by atoms with Gasteiger partial charge in [-0.3, -0.25) is 30.0 Å². The van der Waals surface area contributed by atoms with Crippen molar-refractivity contribution in [2.24, 2.45) is 9.98 Å². The van der Waals surface area contributed by atoms with Gasteiger partial charge >= 0.3 is 57.4 Å². The van der Waals surface area contributed by atoms with Gasteiger partial charge in [0.05, 0.1) is 0 Å². The van der Waals surface area contributed by atoms with Gasteiger partial charge < -0.3 is 22.0 Å². The van der Waals surface area contributed by atoms with E-state index in [1.54, 1.807) is 23.8 Å². The zero-order valence-corrected chi connectivity index (χ0v) is 25.6. The number of aliphatic carboxylic acids is 1. The normalized spacial score (nSPS) is 16.8. The van der Waals surface area contributed by atoms with Crippen molar-refractivity contribution in [3.63, 3.8) is 0 Å². The van der Waals surface area contributed by atoms with E-state index in [0.717, 1.165) is 0 Å². The Kier molecular flexibility index (Phi) is 20.1. The minimum absolute atomic E-state index is 0. The van der Waals surface area contributed by atoms with Crippen LogP contribution in [-0.2, 0) is 9.59 Å². The minimum Gasteiger partial charge on any atom is -1.00 e. The molecule has 6 N–H and O–H groups in total. The molecule has 0 saturated carbocycles. The first-order chi connectivity index (χ1) is 16.7. The fraction of sp³-hybridized carbons (Fsp3) is 0.333. The van der Waals surface area contributed by atoms with E-state index in [0.29, 0.717) is 38.0 Å². The molecule has 0 radical (unpaired) electrons. The minimum atomic E-state index is -0.951. The van der Waals surface area contributed by atoms with Crippen LogP contribution in [0.5, 0.6) is 11.5 Å². The van der Waals surface area contributed by atoms with E-state index in [1.165, 1.54) is 55.9 Å². The number of carbonyl (C=O) groups is 2. The van der Waals surface area contributed by atoms with E-state index >= 15 is 0 Å². The van der Waals surface area contributed by atoms with E-state index in [2.05, 4.69) is 20.0 Å². The van der Waals surface area contributed by atoms with Gasteiger partial charge in [-0.15, -0.1) is 35.9 Å². The summed E-state index contributed by atoms with van der Waals surface area (Å²) in [5, 5.41) is 45.7. The zero-order valence-electron chi connectivity index (χ0n) is 21.0. The number of likely N-dealkylation sites (N-methyl/N-ethyl adjacent to an activating group) is 1. The summed E-state index contributed by atoms with van der Waals surface area (Å²) in [5.41, 5.74) is 2.47. The van der Waals surface area contributed by atoms with Crippen molar-refractivity contribution in [3.8, 4) is 11.5 Å². The van der Waals surface area contributed by atoms with Crippen LogP contribution in [0, 0.1) is 0 Å². The largest absolute Gasteiger partial charge is 1.00 e. The second kappa shape index (κ2) is 19.7. The van der Waals surface area contributed by atoms with Gasteiger partial charge in [0.25, 0.3) is 5.91 Å². The number of amides is 1. The molecule has 2 aliphatic rings. The molecule has 0 saturated heterocycles. The van der Waals surface area contributed by atoms with Crippen LogP contribution < -0.4 is 56.9 Å². The van der Waals surface area contributed by atoms with Gasteiger partial charge in [0.2, 0.25) is 0 Å². The van der Waals surface area contributed by atoms with Gasteiger partial charge in [0.15, 0.2) is 6.04 Å². The average molecular weight is 617 g/mol. The quantitative estimate of drug-likeness (QED) is 0.139. The number of carbonyl (C=O) groups excluding carboxylic acids is 1. The van der Waals surface area contributed by atoms with Crippen LogP contribution in [0.3, 0.4) is 0 Å². The molecule has 2 aliphatic heterocycles. The number of carboxylic acid groups (broad SMARTS) is 1. The summed E-state index contributed by atoms with van der Waals surface area (Å²) in [4.78, 5) is 38.2. The summed E-state index contributed by atoms with van der Waals surface area (Å²) in [6.45, 7) is 0. The van der Waals surface area contributed by atoms with Crippen molar-refractivity contribution in [2.45, 2.75) is 19.5 Å². The number of halogens is 1. The zero-order chi connectivity index (χ0) is 26.0. The molecular weight excluding hydrogens is 587 g/mol. The predicted octanol–water partition coefficient (Wildman–Crippen LogP) is -1.000. The van der Waals surface area contributed by atoms with Gasteiger partial charge in [-0.2, -0.15) is 0 Å². The molecule has 0 bridgehead atoms. The van der Waals surface area contributed by atoms with Gasteiger partial charge in [0, 0.05) is 38.0 Å². The maximum absolute atomic E-state index is 11.5. The molecule has 0 aliphatic carbocycles. The first-order valence-electron chi connectivity index (χ1n) is 9.89. The topological polar surface area (TPSA) is 201 Å². The molecule has 4 heterocycles. The molecule has 38 heavy (non-hydrogen) atoms. The summed E-state index contributed by atoms with van der Waals surface area (Å²) in [7, 11) is 2.69. The number of thioether (sulfide) groups is 2. The number of aromatic hydroxyl groups is 2. The molecule has 0 aromatic carbocycles. The predicted molar refractivity (Wildman–Crippen MR) is 145 cm³/mol. The number of rotatable bonds is 4. The molecule has 2 atom stereocenters. The van der Waals surface area contributed by atoms with E-state index in [4.69, 9.17) is 15.5 Å². The SMILES string of the molecule is C.CN(O)C(=O)C1CSC(c2ncccc2O)=N1.CNO.Cl.O=C(O)C1CSC(c2ncccc2O)=N1.[H-].[K+]. The van der Waals surface area contributed by atoms with Crippen LogP contribution in [0.2, 0.25) is 0 Å². The Balaban J connectivity index is -0.000000555. The number of hydrogen-bond donors (Lipinski definition) is 6. The second-order valence-corrected chi connectivity index (χ2v) is 8.71. The number of pyridine rings is 2. The van der Waals surface area contributed by atoms with Crippen molar-refractivity contribution in [2.75, 3.05) is 25.6 Å². The number of aliphatic imine (C=N–C) groups is 2. The number of hydrogen-bond acceptors (Lipinski definition) is 13. The van der Waals surface area contributed by atoms with Crippen molar-refractivity contribution >= 4 is 57.9 Å². The fourth-order valence-electron chi connectivity index (χ4n) is 2.60. The van der Waals surface area contributed by atoms with Crippen molar-refractivity contribution in [1.82, 2.24) is 20.5 Å². The van der Waals surface area contributed by atoms with Crippen LogP contribution >= 0.6 is 35.9 Å². The number of carboxylic acids is 1. The van der Waals surface area contributed by atoms with Crippen molar-refractivity contribution in [1.29, 1.82) is 0 Å². The maximum atomic E-state index is 11.5. The summed E-state index contributed by atoms with van der Waals surface area (Å²) in [6, 6.07) is 4.88. The molecule has 1 amide bonds. The molecule has 0 spiro atoms. The molecule has 4 rings (SSSR count). The van der Waals surface area contributed by atoms with E-state index < -0.39 is 24.0 Å². The molecule has 2 aromatic heterocycles. The van der Waals surface area contributed by atoms with E-state index in [1.807, 2.05) is 0 Å². The Morgan fingerprint density at radius 3 is 1.74 bits per heavy atom. The number of nitrogens with zero attached hydrogens (tertiary/aromatic N) is 5. The van der Waals surface area contributed by atoms with Gasteiger partial charge in [0.1, 0.15) is 39.0 Å². The Morgan fingerprint density at radius 1 is 1.00 bits per heavy atom. The van der Waals surface area contributed by atoms with Crippen LogP contribution in [0.25, 0.3) is 0 Å². The molecule has 2 aromatic rings. The van der Waals surface area contributed by atoms with Crippen LogP contribution in [-0.4, -0.2) is 100 Å². The monoisotopic (exact) mass is 616 g/mol. The molecular formula is C21H30ClKN6O7S2. The van der Waals surface area contributed by atoms with Gasteiger partial charge in [-0.1, -0.05) is 7.43 Å². The van der Waals surface area contributed by atoms with Crippen molar-refractivity contribution < 1.29 is 88.1 Å². The van der Waals surface area contributed by atoms with Crippen LogP contribution in [0.4, 0.5) is 0 Å². The first kappa shape index (κ1) is 38.8. The molecule has 2 unspecified atom stereocenters. The smallest absolute Gasteiger partial charge is 1.00 e. The molecule has 17 heteroatoms. The standard InChI is InChI=1S/C10H11N3O3S.C9H8N2O3S.CH5NO.CH4.ClH.K.H/c1-13(16)10(15)6-5-17-9(12-6)8-7(14)3-2-4-11-8;12-6-2-1-3-10-7(6)8-11-5(4-15-8)9(13)14;1-2-3;;;;/h2-4,6,14,16H,5H2,1H3;1-3,5,12H,4H2,(H,13,14);2-3H,1H3;1H4;1H;;/q;;;;;+1;-1. The Labute approximate surface area is 278 Å². The third kappa shape index (κ3) is 11.4. The fourth-order valence-corrected chi connectivity index (χ4v) is 4.66.